The monoisotopic (exact) mass is 164 g/mol. The number of alkyl halides is 1. The van der Waals surface area contributed by atoms with Gasteiger partial charge in [-0.3, -0.25) is 0 Å². The third kappa shape index (κ3) is 7.56. The maximum atomic E-state index is 9.78. The van der Waals surface area contributed by atoms with Gasteiger partial charge in [0.15, 0.2) is 0 Å². The van der Waals surface area contributed by atoms with Gasteiger partial charge in [-0.05, 0) is 12.8 Å². The third-order valence-electron chi connectivity index (χ3n) is 1.08. The number of nitrogens with one attached hydrogen (secondary N) is 1. The Balaban J connectivity index is 2.84. The molecule has 0 rings (SSSR count). The van der Waals surface area contributed by atoms with E-state index in [-0.39, 0.29) is 0 Å². The predicted octanol–water partition coefficient (Wildman–Crippen LogP) is 0.328. The maximum Gasteiger partial charge on any atom is 0.134 e. The lowest BCUT2D eigenvalue weighted by Crippen LogP contribution is -2.36. The Kier molecular flexibility index (Phi) is 6.38. The largest absolute Gasteiger partial charge is 0.530 e. The first kappa shape index (κ1) is 9.56. The van der Waals surface area contributed by atoms with Crippen LogP contribution in [-0.4, -0.2) is 18.5 Å². The van der Waals surface area contributed by atoms with Gasteiger partial charge in [-0.15, -0.1) is 11.6 Å². The van der Waals surface area contributed by atoms with Crippen LogP contribution >= 0.6 is 11.6 Å². The molecule has 0 aromatic heterocycles. The molecule has 0 aliphatic rings. The van der Waals surface area contributed by atoms with E-state index in [9.17, 15) is 9.90 Å². The van der Waals surface area contributed by atoms with E-state index >= 15 is 0 Å². The fourth-order valence-electron chi connectivity index (χ4n) is 0.587. The van der Waals surface area contributed by atoms with Crippen molar-refractivity contribution in [3.8, 4) is 0 Å². The van der Waals surface area contributed by atoms with Crippen molar-refractivity contribution in [3.63, 3.8) is 0 Å². The molecule has 0 aromatic carbocycles. The van der Waals surface area contributed by atoms with E-state index in [1.807, 2.05) is 0 Å². The number of carbonyl (C=O) groups is 1. The van der Waals surface area contributed by atoms with Crippen LogP contribution in [0.5, 0.6) is 0 Å². The molecule has 4 heteroatoms. The number of hydrogen-bond donors (Lipinski definition) is 1. The molecule has 0 radical (unpaired) electrons. The molecule has 1 N–H and O–H groups in total. The van der Waals surface area contributed by atoms with Crippen molar-refractivity contribution in [2.75, 3.05) is 12.4 Å². The highest BCUT2D eigenvalue weighted by molar-refractivity contribution is 6.17. The molecule has 10 heavy (non-hydrogen) atoms. The Morgan fingerprint density at radius 3 is 2.60 bits per heavy atom. The van der Waals surface area contributed by atoms with Crippen LogP contribution in [0.3, 0.4) is 0 Å². The van der Waals surface area contributed by atoms with Crippen molar-refractivity contribution >= 4 is 17.7 Å². The van der Waals surface area contributed by atoms with Crippen molar-refractivity contribution in [1.29, 1.82) is 0 Å². The Labute approximate surface area is 65.4 Å². The van der Waals surface area contributed by atoms with E-state index in [1.54, 1.807) is 0 Å². The highest BCUT2D eigenvalue weighted by atomic mass is 35.5. The number of rotatable bonds is 5. The summed E-state index contributed by atoms with van der Waals surface area (Å²) < 4.78 is 0. The van der Waals surface area contributed by atoms with Gasteiger partial charge in [0, 0.05) is 12.4 Å². The van der Waals surface area contributed by atoms with Crippen LogP contribution in [0.4, 0.5) is 4.79 Å². The summed E-state index contributed by atoms with van der Waals surface area (Å²) in [5, 5.41) is 12.0. The lowest BCUT2D eigenvalue weighted by molar-refractivity contribution is -0.250. The number of halogens is 1. The van der Waals surface area contributed by atoms with E-state index in [1.165, 1.54) is 0 Å². The Bertz CT molecular complexity index is 97.7. The van der Waals surface area contributed by atoms with Gasteiger partial charge in [-0.25, -0.2) is 0 Å². The summed E-state index contributed by atoms with van der Waals surface area (Å²) in [6, 6.07) is 0. The minimum Gasteiger partial charge on any atom is -0.530 e. The molecule has 3 nitrogen and oxygen atoms in total. The van der Waals surface area contributed by atoms with Crippen molar-refractivity contribution in [1.82, 2.24) is 5.32 Å². The molecule has 0 fully saturated rings. The van der Waals surface area contributed by atoms with E-state index in [0.717, 1.165) is 19.3 Å². The third-order valence-corrected chi connectivity index (χ3v) is 1.35. The molecular weight excluding hydrogens is 154 g/mol. The molecule has 60 valence electrons. The normalized spacial score (nSPS) is 9.30. The number of carbonyl (C=O) groups excluding carboxylic acids is 1. The fraction of sp³-hybridized carbons (Fsp3) is 0.833. The van der Waals surface area contributed by atoms with Crippen molar-refractivity contribution in [2.45, 2.75) is 19.3 Å². The molecule has 0 bridgehead atoms. The summed E-state index contributed by atoms with van der Waals surface area (Å²) in [4.78, 5) is 9.78. The first-order valence-corrected chi connectivity index (χ1v) is 3.81. The zero-order valence-electron chi connectivity index (χ0n) is 5.73. The average Bonchev–Trinajstić information content (AvgIpc) is 1.87. The molecular formula is C6H11ClNO2-. The molecule has 0 spiro atoms. The van der Waals surface area contributed by atoms with Crippen molar-refractivity contribution < 1.29 is 9.90 Å². The highest BCUT2D eigenvalue weighted by Crippen LogP contribution is 1.94. The van der Waals surface area contributed by atoms with Gasteiger partial charge < -0.3 is 15.2 Å². The number of amides is 1. The molecule has 0 saturated carbocycles. The van der Waals surface area contributed by atoms with E-state index < -0.39 is 6.09 Å². The van der Waals surface area contributed by atoms with Gasteiger partial charge in [-0.1, -0.05) is 6.42 Å². The van der Waals surface area contributed by atoms with Gasteiger partial charge in [0.05, 0.1) is 0 Å². The lowest BCUT2D eigenvalue weighted by Gasteiger charge is -2.04. The quantitative estimate of drug-likeness (QED) is 0.470. The first-order valence-electron chi connectivity index (χ1n) is 3.28. The van der Waals surface area contributed by atoms with Crippen LogP contribution in [0.2, 0.25) is 0 Å². The van der Waals surface area contributed by atoms with Crippen LogP contribution < -0.4 is 10.4 Å². The zero-order valence-corrected chi connectivity index (χ0v) is 6.49. The molecule has 0 unspecified atom stereocenters. The summed E-state index contributed by atoms with van der Waals surface area (Å²) in [7, 11) is 0. The molecule has 0 atom stereocenters. The smallest absolute Gasteiger partial charge is 0.134 e. The second kappa shape index (κ2) is 6.68. The number of hydrogen-bond acceptors (Lipinski definition) is 2. The summed E-state index contributed by atoms with van der Waals surface area (Å²) in [6.45, 7) is 0.471. The summed E-state index contributed by atoms with van der Waals surface area (Å²) in [6.07, 6.45) is 1.53. The van der Waals surface area contributed by atoms with Gasteiger partial charge in [0.25, 0.3) is 0 Å². The van der Waals surface area contributed by atoms with Crippen LogP contribution in [0, 0.1) is 0 Å². The predicted molar refractivity (Wildman–Crippen MR) is 38.0 cm³/mol. The van der Waals surface area contributed by atoms with E-state index in [2.05, 4.69) is 5.32 Å². The fourth-order valence-corrected chi connectivity index (χ4v) is 0.776. The lowest BCUT2D eigenvalue weighted by atomic mass is 10.2. The molecule has 0 heterocycles. The average molecular weight is 165 g/mol. The first-order chi connectivity index (χ1) is 4.77. The van der Waals surface area contributed by atoms with Crippen molar-refractivity contribution in [3.05, 3.63) is 0 Å². The molecule has 0 aliphatic carbocycles. The van der Waals surface area contributed by atoms with Crippen LogP contribution in [0.15, 0.2) is 0 Å². The minimum absolute atomic E-state index is 0.471. The summed E-state index contributed by atoms with van der Waals surface area (Å²) in [5.41, 5.74) is 0. The SMILES string of the molecule is O=C([O-])NCCCCCCl. The summed E-state index contributed by atoms with van der Waals surface area (Å²) in [5.74, 6) is 0.644. The van der Waals surface area contributed by atoms with Gasteiger partial charge >= 0.3 is 0 Å². The zero-order chi connectivity index (χ0) is 7.82. The van der Waals surface area contributed by atoms with Crippen LogP contribution in [-0.2, 0) is 0 Å². The van der Waals surface area contributed by atoms with Crippen LogP contribution in [0.1, 0.15) is 19.3 Å². The van der Waals surface area contributed by atoms with E-state index in [4.69, 9.17) is 11.6 Å². The number of unbranched alkanes of at least 4 members (excludes halogenated alkanes) is 2. The minimum atomic E-state index is -1.20. The standard InChI is InChI=1S/C6H12ClNO2/c7-4-2-1-3-5-8-6(9)10/h8H,1-5H2,(H,9,10)/p-1. The Morgan fingerprint density at radius 2 is 2.10 bits per heavy atom. The second-order valence-corrected chi connectivity index (χ2v) is 2.34. The molecule has 1 amide bonds. The molecule has 0 aromatic rings. The summed E-state index contributed by atoms with van der Waals surface area (Å²) >= 11 is 5.39. The topological polar surface area (TPSA) is 52.2 Å². The number of carboxylic acid groups (broad SMARTS) is 1. The Morgan fingerprint density at radius 1 is 1.40 bits per heavy atom. The highest BCUT2D eigenvalue weighted by Gasteiger charge is 1.86. The molecule has 0 saturated heterocycles. The maximum absolute atomic E-state index is 9.78. The van der Waals surface area contributed by atoms with E-state index in [0.29, 0.717) is 12.4 Å². The second-order valence-electron chi connectivity index (χ2n) is 1.96. The van der Waals surface area contributed by atoms with Gasteiger partial charge in [-0.2, -0.15) is 0 Å². The van der Waals surface area contributed by atoms with Crippen molar-refractivity contribution in [2.24, 2.45) is 0 Å². The van der Waals surface area contributed by atoms with Gasteiger partial charge in [0.2, 0.25) is 0 Å². The molecule has 0 aliphatic heterocycles. The van der Waals surface area contributed by atoms with Crippen LogP contribution in [0.25, 0.3) is 0 Å². The van der Waals surface area contributed by atoms with Gasteiger partial charge in [0.1, 0.15) is 6.09 Å². The Hall–Kier alpha value is -0.440.